The largest absolute Gasteiger partial charge is 0.494 e. The Morgan fingerprint density at radius 1 is 1.24 bits per heavy atom. The second kappa shape index (κ2) is 10.4. The fourth-order valence-electron chi connectivity index (χ4n) is 3.55. The number of anilines is 1. The van der Waals surface area contributed by atoms with Gasteiger partial charge < -0.3 is 20.5 Å². The predicted octanol–water partition coefficient (Wildman–Crippen LogP) is 3.73. The van der Waals surface area contributed by atoms with Crippen molar-refractivity contribution in [3.05, 3.63) is 24.3 Å². The third kappa shape index (κ3) is 6.33. The van der Waals surface area contributed by atoms with Crippen molar-refractivity contribution in [3.8, 4) is 5.75 Å². The van der Waals surface area contributed by atoms with E-state index in [2.05, 4.69) is 5.32 Å². The average molecular weight is 348 g/mol. The minimum absolute atomic E-state index is 0.182. The van der Waals surface area contributed by atoms with E-state index < -0.39 is 6.10 Å². The van der Waals surface area contributed by atoms with Crippen LogP contribution in [0.25, 0.3) is 0 Å². The lowest BCUT2D eigenvalue weighted by Gasteiger charge is -2.28. The van der Waals surface area contributed by atoms with Crippen LogP contribution in [0.4, 0.5) is 5.69 Å². The first kappa shape index (κ1) is 19.7. The first-order valence-electron chi connectivity index (χ1n) is 9.55. The summed E-state index contributed by atoms with van der Waals surface area (Å²) in [6, 6.07) is 7.11. The Balaban J connectivity index is 1.97. The fourth-order valence-corrected chi connectivity index (χ4v) is 3.55. The summed E-state index contributed by atoms with van der Waals surface area (Å²) in [4.78, 5) is 12.7. The van der Waals surface area contributed by atoms with Crippen molar-refractivity contribution >= 4 is 11.6 Å². The van der Waals surface area contributed by atoms with Crippen LogP contribution in [-0.4, -0.2) is 31.3 Å². The zero-order valence-electron chi connectivity index (χ0n) is 15.5. The Hall–Kier alpha value is -1.59. The first-order chi connectivity index (χ1) is 12.1. The van der Waals surface area contributed by atoms with E-state index in [1.165, 1.54) is 32.1 Å². The highest BCUT2D eigenvalue weighted by Crippen LogP contribution is 2.28. The van der Waals surface area contributed by atoms with E-state index in [0.717, 1.165) is 12.2 Å². The van der Waals surface area contributed by atoms with Crippen LogP contribution in [0.15, 0.2) is 24.3 Å². The van der Waals surface area contributed by atoms with Crippen LogP contribution in [-0.2, 0) is 9.53 Å². The van der Waals surface area contributed by atoms with Gasteiger partial charge in [0.2, 0.25) is 0 Å². The summed E-state index contributed by atoms with van der Waals surface area (Å²) in [5, 5.41) is 2.92. The molecule has 1 aromatic carbocycles. The molecule has 5 nitrogen and oxygen atoms in total. The van der Waals surface area contributed by atoms with E-state index >= 15 is 0 Å². The van der Waals surface area contributed by atoms with Gasteiger partial charge in [-0.2, -0.15) is 0 Å². The average Bonchev–Trinajstić information content (AvgIpc) is 2.61. The molecule has 2 rings (SSSR count). The lowest BCUT2D eigenvalue weighted by molar-refractivity contribution is -0.128. The van der Waals surface area contributed by atoms with Gasteiger partial charge in [-0.15, -0.1) is 0 Å². The number of hydrogen-bond donors (Lipinski definition) is 2. The molecule has 0 bridgehead atoms. The standard InChI is InChI=1S/C20H32N2O3/c1-3-24-17-12-8-11-16(14-17)22-20(23)19(25-4-2)18(21)13-15-9-6-5-7-10-15/h8,11-12,14-15,18-19H,3-7,9-10,13,21H2,1-2H3,(H,22,23)/t18-,19?/m1/s1. The number of nitrogens with one attached hydrogen (secondary N) is 1. The third-order valence-corrected chi connectivity index (χ3v) is 4.74. The molecule has 1 aromatic rings. The van der Waals surface area contributed by atoms with Gasteiger partial charge in [-0.1, -0.05) is 38.2 Å². The molecule has 0 heterocycles. The fraction of sp³-hybridized carbons (Fsp3) is 0.650. The molecule has 2 atom stereocenters. The van der Waals surface area contributed by atoms with Gasteiger partial charge in [0.05, 0.1) is 6.61 Å². The molecule has 0 spiro atoms. The molecule has 0 radical (unpaired) electrons. The molecule has 0 aromatic heterocycles. The molecule has 0 saturated heterocycles. The lowest BCUT2D eigenvalue weighted by atomic mass is 9.84. The summed E-state index contributed by atoms with van der Waals surface area (Å²) in [6.45, 7) is 4.88. The van der Waals surface area contributed by atoms with E-state index in [1.807, 2.05) is 38.1 Å². The van der Waals surface area contributed by atoms with E-state index in [0.29, 0.717) is 24.8 Å². The lowest BCUT2D eigenvalue weighted by Crippen LogP contribution is -2.46. The summed E-state index contributed by atoms with van der Waals surface area (Å²) in [7, 11) is 0. The molecule has 0 aliphatic heterocycles. The molecule has 1 unspecified atom stereocenters. The van der Waals surface area contributed by atoms with Crippen LogP contribution in [0.3, 0.4) is 0 Å². The third-order valence-electron chi connectivity index (χ3n) is 4.74. The number of amides is 1. The maximum atomic E-state index is 12.7. The summed E-state index contributed by atoms with van der Waals surface area (Å²) in [5.74, 6) is 1.17. The van der Waals surface area contributed by atoms with Gasteiger partial charge in [-0.3, -0.25) is 4.79 Å². The van der Waals surface area contributed by atoms with Crippen molar-refractivity contribution in [3.63, 3.8) is 0 Å². The number of ether oxygens (including phenoxy) is 2. The number of carbonyl (C=O) groups is 1. The van der Waals surface area contributed by atoms with Crippen molar-refractivity contribution in [2.24, 2.45) is 11.7 Å². The van der Waals surface area contributed by atoms with Crippen molar-refractivity contribution < 1.29 is 14.3 Å². The van der Waals surface area contributed by atoms with Crippen molar-refractivity contribution in [1.29, 1.82) is 0 Å². The maximum Gasteiger partial charge on any atom is 0.255 e. The van der Waals surface area contributed by atoms with Gasteiger partial charge in [-0.05, 0) is 38.3 Å². The van der Waals surface area contributed by atoms with Gasteiger partial charge in [0.1, 0.15) is 5.75 Å². The normalized spacial score (nSPS) is 17.7. The molecule has 5 heteroatoms. The molecule has 140 valence electrons. The molecule has 25 heavy (non-hydrogen) atoms. The minimum Gasteiger partial charge on any atom is -0.494 e. The minimum atomic E-state index is -0.623. The molecule has 1 amide bonds. The van der Waals surface area contributed by atoms with E-state index in [4.69, 9.17) is 15.2 Å². The Morgan fingerprint density at radius 2 is 2.00 bits per heavy atom. The van der Waals surface area contributed by atoms with E-state index in [9.17, 15) is 4.79 Å². The maximum absolute atomic E-state index is 12.7. The summed E-state index contributed by atoms with van der Waals surface area (Å²) >= 11 is 0. The monoisotopic (exact) mass is 348 g/mol. The molecular weight excluding hydrogens is 316 g/mol. The molecule has 1 fully saturated rings. The summed E-state index contributed by atoms with van der Waals surface area (Å²) in [6.07, 6.45) is 6.51. The van der Waals surface area contributed by atoms with Crippen LogP contribution < -0.4 is 15.8 Å². The number of carbonyl (C=O) groups excluding carboxylic acids is 1. The zero-order valence-corrected chi connectivity index (χ0v) is 15.5. The topological polar surface area (TPSA) is 73.6 Å². The second-order valence-electron chi connectivity index (χ2n) is 6.73. The molecular formula is C20H32N2O3. The number of benzene rings is 1. The van der Waals surface area contributed by atoms with E-state index in [1.54, 1.807) is 0 Å². The Labute approximate surface area is 151 Å². The van der Waals surface area contributed by atoms with Gasteiger partial charge in [0.25, 0.3) is 5.91 Å². The van der Waals surface area contributed by atoms with Crippen LogP contribution >= 0.6 is 0 Å². The molecule has 1 aliphatic carbocycles. The second-order valence-corrected chi connectivity index (χ2v) is 6.73. The highest BCUT2D eigenvalue weighted by molar-refractivity contribution is 5.94. The Kier molecular flexibility index (Phi) is 8.22. The van der Waals surface area contributed by atoms with Crippen molar-refractivity contribution in [1.82, 2.24) is 0 Å². The van der Waals surface area contributed by atoms with E-state index in [-0.39, 0.29) is 11.9 Å². The van der Waals surface area contributed by atoms with Gasteiger partial charge in [0.15, 0.2) is 6.10 Å². The summed E-state index contributed by atoms with van der Waals surface area (Å²) < 4.78 is 11.2. The van der Waals surface area contributed by atoms with Gasteiger partial charge in [-0.25, -0.2) is 0 Å². The smallest absolute Gasteiger partial charge is 0.255 e. The van der Waals surface area contributed by atoms with Crippen molar-refractivity contribution in [2.45, 2.75) is 64.5 Å². The SMILES string of the molecule is CCOc1cccc(NC(=O)C(OCC)[C@H](N)CC2CCCCC2)c1. The van der Waals surface area contributed by atoms with Gasteiger partial charge >= 0.3 is 0 Å². The number of hydrogen-bond acceptors (Lipinski definition) is 4. The van der Waals surface area contributed by atoms with Crippen LogP contribution in [0, 0.1) is 5.92 Å². The zero-order chi connectivity index (χ0) is 18.1. The Morgan fingerprint density at radius 3 is 2.68 bits per heavy atom. The van der Waals surface area contributed by atoms with Crippen molar-refractivity contribution in [2.75, 3.05) is 18.5 Å². The quantitative estimate of drug-likeness (QED) is 0.713. The van der Waals surface area contributed by atoms with Crippen LogP contribution in [0.1, 0.15) is 52.4 Å². The predicted molar refractivity (Wildman–Crippen MR) is 101 cm³/mol. The Bertz CT molecular complexity index is 529. The first-order valence-corrected chi connectivity index (χ1v) is 9.55. The molecule has 3 N–H and O–H groups in total. The van der Waals surface area contributed by atoms with Crippen LogP contribution in [0.2, 0.25) is 0 Å². The highest BCUT2D eigenvalue weighted by atomic mass is 16.5. The highest BCUT2D eigenvalue weighted by Gasteiger charge is 2.29. The van der Waals surface area contributed by atoms with Gasteiger partial charge in [0, 0.05) is 24.4 Å². The summed E-state index contributed by atoms with van der Waals surface area (Å²) in [5.41, 5.74) is 7.06. The number of rotatable bonds is 9. The number of nitrogens with two attached hydrogens (primary N) is 1. The van der Waals surface area contributed by atoms with Crippen LogP contribution in [0.5, 0.6) is 5.75 Å². The molecule has 1 saturated carbocycles. The molecule has 1 aliphatic rings.